The predicted molar refractivity (Wildman–Crippen MR) is 84.7 cm³/mol. The van der Waals surface area contributed by atoms with Crippen molar-refractivity contribution >= 4 is 28.8 Å². The molecule has 0 aliphatic rings. The number of nitrogens with zero attached hydrogens (tertiary/aromatic N) is 1. The molecule has 3 N–H and O–H groups in total. The molecule has 0 aromatic carbocycles. The van der Waals surface area contributed by atoms with Crippen LogP contribution in [0.5, 0.6) is 0 Å². The lowest BCUT2D eigenvalue weighted by atomic mass is 10.2. The predicted octanol–water partition coefficient (Wildman–Crippen LogP) is 3.31. The minimum Gasteiger partial charge on any atom is -0.355 e. The van der Waals surface area contributed by atoms with Gasteiger partial charge in [0.15, 0.2) is 5.76 Å². The zero-order valence-corrected chi connectivity index (χ0v) is 13.2. The average molecular weight is 328 g/mol. The van der Waals surface area contributed by atoms with Gasteiger partial charge in [-0.05, 0) is 31.5 Å². The molecule has 114 valence electrons. The molecule has 0 spiro atoms. The maximum absolute atomic E-state index is 12.1. The van der Waals surface area contributed by atoms with Gasteiger partial charge in [0.2, 0.25) is 0 Å². The highest BCUT2D eigenvalue weighted by molar-refractivity contribution is 7.19. The minimum absolute atomic E-state index is 0.172. The van der Waals surface area contributed by atoms with Crippen molar-refractivity contribution in [1.29, 1.82) is 0 Å². The molecule has 0 bridgehead atoms. The molecule has 2 aromatic heterocycles. The molecule has 0 saturated carbocycles. The molecular formula is C14H18ClN3O2S. The maximum Gasteiger partial charge on any atom is 0.256 e. The second-order valence-corrected chi connectivity index (χ2v) is 6.35. The first-order valence-electron chi connectivity index (χ1n) is 6.91. The Balaban J connectivity index is 1.87. The van der Waals surface area contributed by atoms with Crippen LogP contribution in [0.15, 0.2) is 22.9 Å². The van der Waals surface area contributed by atoms with Crippen molar-refractivity contribution in [2.75, 3.05) is 13.1 Å². The van der Waals surface area contributed by atoms with E-state index in [1.807, 2.05) is 6.07 Å². The first-order valence-corrected chi connectivity index (χ1v) is 8.10. The summed E-state index contributed by atoms with van der Waals surface area (Å²) in [6, 6.07) is 3.58. The van der Waals surface area contributed by atoms with Crippen LogP contribution in [0.1, 0.15) is 36.0 Å². The number of amides is 1. The molecular weight excluding hydrogens is 310 g/mol. The third kappa shape index (κ3) is 4.56. The number of carbonyl (C=O) groups is 1. The van der Waals surface area contributed by atoms with Crippen molar-refractivity contribution in [3.05, 3.63) is 28.2 Å². The number of rotatable bonds is 8. The van der Waals surface area contributed by atoms with E-state index in [9.17, 15) is 4.79 Å². The van der Waals surface area contributed by atoms with Gasteiger partial charge in [-0.2, -0.15) is 0 Å². The van der Waals surface area contributed by atoms with Gasteiger partial charge in [0, 0.05) is 6.54 Å². The van der Waals surface area contributed by atoms with Gasteiger partial charge in [0.05, 0.1) is 15.4 Å². The van der Waals surface area contributed by atoms with Crippen LogP contribution in [0.3, 0.4) is 0 Å². The SMILES string of the molecule is NCCCCCCNC(=O)c1cnoc1-c1ccc(Cl)s1. The van der Waals surface area contributed by atoms with Gasteiger partial charge in [0.1, 0.15) is 5.56 Å². The van der Waals surface area contributed by atoms with Gasteiger partial charge in [-0.15, -0.1) is 11.3 Å². The molecule has 21 heavy (non-hydrogen) atoms. The Morgan fingerprint density at radius 2 is 2.14 bits per heavy atom. The number of hydrogen-bond donors (Lipinski definition) is 2. The second-order valence-electron chi connectivity index (χ2n) is 4.63. The fourth-order valence-electron chi connectivity index (χ4n) is 1.94. The van der Waals surface area contributed by atoms with Crippen LogP contribution in [0.25, 0.3) is 10.6 Å². The zero-order valence-electron chi connectivity index (χ0n) is 11.6. The summed E-state index contributed by atoms with van der Waals surface area (Å²) >= 11 is 7.25. The number of aromatic nitrogens is 1. The molecule has 0 atom stereocenters. The number of hydrogen-bond acceptors (Lipinski definition) is 5. The van der Waals surface area contributed by atoms with E-state index in [0.29, 0.717) is 22.2 Å². The summed E-state index contributed by atoms with van der Waals surface area (Å²) in [5.74, 6) is 0.294. The summed E-state index contributed by atoms with van der Waals surface area (Å²) in [6.45, 7) is 1.36. The van der Waals surface area contributed by atoms with E-state index < -0.39 is 0 Å². The molecule has 0 aliphatic carbocycles. The quantitative estimate of drug-likeness (QED) is 0.729. The van der Waals surface area contributed by atoms with Crippen LogP contribution in [-0.2, 0) is 0 Å². The standard InChI is InChI=1S/C14H18ClN3O2S/c15-12-6-5-11(21-12)13-10(9-18-20-13)14(19)17-8-4-2-1-3-7-16/h5-6,9H,1-4,7-8,16H2,(H,17,19). The lowest BCUT2D eigenvalue weighted by Gasteiger charge is -2.04. The molecule has 0 aliphatic heterocycles. The molecule has 5 nitrogen and oxygen atoms in total. The molecule has 0 radical (unpaired) electrons. The lowest BCUT2D eigenvalue weighted by Crippen LogP contribution is -2.24. The highest BCUT2D eigenvalue weighted by Gasteiger charge is 2.18. The van der Waals surface area contributed by atoms with Crippen molar-refractivity contribution < 1.29 is 9.32 Å². The first kappa shape index (κ1) is 16.0. The van der Waals surface area contributed by atoms with Gasteiger partial charge in [-0.1, -0.05) is 29.6 Å². The van der Waals surface area contributed by atoms with Crippen LogP contribution in [0.4, 0.5) is 0 Å². The highest BCUT2D eigenvalue weighted by Crippen LogP contribution is 2.32. The smallest absolute Gasteiger partial charge is 0.256 e. The molecule has 2 aromatic rings. The van der Waals surface area contributed by atoms with E-state index >= 15 is 0 Å². The Morgan fingerprint density at radius 1 is 1.33 bits per heavy atom. The fraction of sp³-hybridized carbons (Fsp3) is 0.429. The normalized spacial score (nSPS) is 10.8. The van der Waals surface area contributed by atoms with Crippen molar-refractivity contribution in [3.8, 4) is 10.6 Å². The van der Waals surface area contributed by atoms with E-state index in [0.717, 1.165) is 37.1 Å². The summed E-state index contributed by atoms with van der Waals surface area (Å²) in [6.07, 6.45) is 5.57. The van der Waals surface area contributed by atoms with Gasteiger partial charge < -0.3 is 15.6 Å². The van der Waals surface area contributed by atoms with Crippen LogP contribution >= 0.6 is 22.9 Å². The number of halogens is 1. The number of unbranched alkanes of at least 4 members (excludes halogenated alkanes) is 3. The Bertz CT molecular complexity index is 582. The largest absolute Gasteiger partial charge is 0.355 e. The molecule has 0 unspecified atom stereocenters. The van der Waals surface area contributed by atoms with E-state index in [4.69, 9.17) is 21.9 Å². The van der Waals surface area contributed by atoms with E-state index in [1.54, 1.807) is 6.07 Å². The zero-order chi connectivity index (χ0) is 15.1. The minimum atomic E-state index is -0.172. The topological polar surface area (TPSA) is 81.1 Å². The maximum atomic E-state index is 12.1. The molecule has 2 heterocycles. The fourth-order valence-corrected chi connectivity index (χ4v) is 2.97. The Hall–Kier alpha value is -1.37. The van der Waals surface area contributed by atoms with Crippen molar-refractivity contribution in [1.82, 2.24) is 10.5 Å². The van der Waals surface area contributed by atoms with E-state index in [-0.39, 0.29) is 5.91 Å². The Kier molecular flexibility index (Phi) is 6.22. The van der Waals surface area contributed by atoms with Crippen LogP contribution in [0, 0.1) is 0 Å². The van der Waals surface area contributed by atoms with E-state index in [1.165, 1.54) is 17.5 Å². The number of nitrogens with one attached hydrogen (secondary N) is 1. The summed E-state index contributed by atoms with van der Waals surface area (Å²) < 4.78 is 5.82. The molecule has 1 amide bonds. The summed E-state index contributed by atoms with van der Waals surface area (Å²) in [7, 11) is 0. The molecule has 2 rings (SSSR count). The number of thiophene rings is 1. The monoisotopic (exact) mass is 327 g/mol. The summed E-state index contributed by atoms with van der Waals surface area (Å²) in [4.78, 5) is 12.9. The van der Waals surface area contributed by atoms with Crippen molar-refractivity contribution in [3.63, 3.8) is 0 Å². The summed E-state index contributed by atoms with van der Waals surface area (Å²) in [5, 5.41) is 6.59. The highest BCUT2D eigenvalue weighted by atomic mass is 35.5. The van der Waals surface area contributed by atoms with Crippen LogP contribution in [-0.4, -0.2) is 24.2 Å². The van der Waals surface area contributed by atoms with Gasteiger partial charge in [0.25, 0.3) is 5.91 Å². The van der Waals surface area contributed by atoms with Crippen LogP contribution in [0.2, 0.25) is 4.34 Å². The Morgan fingerprint density at radius 3 is 2.86 bits per heavy atom. The third-order valence-electron chi connectivity index (χ3n) is 3.03. The second kappa shape index (κ2) is 8.17. The summed E-state index contributed by atoms with van der Waals surface area (Å²) in [5.41, 5.74) is 5.87. The lowest BCUT2D eigenvalue weighted by molar-refractivity contribution is 0.0953. The Labute approximate surface area is 132 Å². The third-order valence-corrected chi connectivity index (χ3v) is 4.26. The van der Waals surface area contributed by atoms with Crippen molar-refractivity contribution in [2.45, 2.75) is 25.7 Å². The van der Waals surface area contributed by atoms with Gasteiger partial charge in [-0.3, -0.25) is 4.79 Å². The number of carbonyl (C=O) groups excluding carboxylic acids is 1. The molecule has 7 heteroatoms. The molecule has 0 fully saturated rings. The van der Waals surface area contributed by atoms with Crippen molar-refractivity contribution in [2.24, 2.45) is 5.73 Å². The van der Waals surface area contributed by atoms with Gasteiger partial charge >= 0.3 is 0 Å². The first-order chi connectivity index (χ1) is 10.2. The number of nitrogens with two attached hydrogens (primary N) is 1. The van der Waals surface area contributed by atoms with Gasteiger partial charge in [-0.25, -0.2) is 0 Å². The van der Waals surface area contributed by atoms with Crippen LogP contribution < -0.4 is 11.1 Å². The average Bonchev–Trinajstić information content (AvgIpc) is 3.10. The van der Waals surface area contributed by atoms with E-state index in [2.05, 4.69) is 10.5 Å². The molecule has 0 saturated heterocycles.